The molecule has 1 atom stereocenters. The molecule has 3 heterocycles. The number of rotatable bonds is 6. The van der Waals surface area contributed by atoms with Crippen molar-refractivity contribution in [2.24, 2.45) is 5.92 Å². The number of hydrogen-bond acceptors (Lipinski definition) is 6. The summed E-state index contributed by atoms with van der Waals surface area (Å²) in [6.45, 7) is 11.5. The molecule has 1 saturated heterocycles. The number of carbonyl (C=O) groups is 1. The third-order valence-electron chi connectivity index (χ3n) is 7.02. The molecular weight excluding hydrogens is 414 g/mol. The molecule has 1 unspecified atom stereocenters. The molecule has 0 radical (unpaired) electrons. The van der Waals surface area contributed by atoms with E-state index in [4.69, 9.17) is 16.1 Å². The van der Waals surface area contributed by atoms with Gasteiger partial charge in [-0.1, -0.05) is 19.8 Å². The van der Waals surface area contributed by atoms with Gasteiger partial charge in [0.15, 0.2) is 0 Å². The minimum atomic E-state index is -0.297. The molecule has 1 N–H and O–H groups in total. The van der Waals surface area contributed by atoms with Crippen molar-refractivity contribution >= 4 is 11.7 Å². The number of piperazine rings is 1. The Morgan fingerprint density at radius 2 is 2.09 bits per heavy atom. The van der Waals surface area contributed by atoms with Crippen molar-refractivity contribution < 1.29 is 9.53 Å². The molecule has 0 spiro atoms. The normalized spacial score (nSPS) is 22.0. The molecule has 7 nitrogen and oxygen atoms in total. The van der Waals surface area contributed by atoms with Crippen LogP contribution in [0.5, 0.6) is 0 Å². The summed E-state index contributed by atoms with van der Waals surface area (Å²) < 4.78 is 6.10. The summed E-state index contributed by atoms with van der Waals surface area (Å²) in [6.07, 6.45) is 8.31. The number of aromatic nitrogens is 1. The quantitative estimate of drug-likeness (QED) is 0.531. The second-order valence-corrected chi connectivity index (χ2v) is 10.4. The highest BCUT2D eigenvalue weighted by molar-refractivity contribution is 5.79. The van der Waals surface area contributed by atoms with Crippen molar-refractivity contribution in [3.05, 3.63) is 22.4 Å². The Balaban J connectivity index is 1.65. The molecule has 7 heteroatoms. The molecular formula is C26H35N5O2. The fourth-order valence-electron chi connectivity index (χ4n) is 5.04. The van der Waals surface area contributed by atoms with Gasteiger partial charge in [-0.15, -0.1) is 6.42 Å². The zero-order valence-corrected chi connectivity index (χ0v) is 20.3. The predicted octanol–water partition coefficient (Wildman–Crippen LogP) is 2.58. The smallest absolute Gasteiger partial charge is 0.236 e. The van der Waals surface area contributed by atoms with Gasteiger partial charge < -0.3 is 14.5 Å². The van der Waals surface area contributed by atoms with E-state index in [2.05, 4.69) is 49.9 Å². The summed E-state index contributed by atoms with van der Waals surface area (Å²) in [5.41, 5.74) is 3.75. The largest absolute Gasteiger partial charge is 0.370 e. The summed E-state index contributed by atoms with van der Waals surface area (Å²) in [5.74, 6) is 4.13. The van der Waals surface area contributed by atoms with E-state index in [1.54, 1.807) is 0 Å². The molecule has 0 bridgehead atoms. The van der Waals surface area contributed by atoms with E-state index in [1.165, 1.54) is 0 Å². The second-order valence-electron chi connectivity index (χ2n) is 10.4. The number of pyridine rings is 1. The highest BCUT2D eigenvalue weighted by Crippen LogP contribution is 2.45. The fourth-order valence-corrected chi connectivity index (χ4v) is 5.04. The van der Waals surface area contributed by atoms with Crippen LogP contribution in [0, 0.1) is 29.6 Å². The van der Waals surface area contributed by atoms with Crippen LogP contribution in [0.1, 0.15) is 68.8 Å². The van der Waals surface area contributed by atoms with Gasteiger partial charge in [0.05, 0.1) is 42.6 Å². The minimum Gasteiger partial charge on any atom is -0.370 e. The molecule has 2 aliphatic heterocycles. The van der Waals surface area contributed by atoms with Crippen LogP contribution in [0.2, 0.25) is 0 Å². The topological polar surface area (TPSA) is 81.5 Å². The lowest BCUT2D eigenvalue weighted by atomic mass is 9.87. The van der Waals surface area contributed by atoms with E-state index in [-0.39, 0.29) is 30.0 Å². The van der Waals surface area contributed by atoms with Crippen LogP contribution in [-0.4, -0.2) is 60.2 Å². The number of nitrogens with zero attached hydrogens (tertiary/aromatic N) is 4. The standard InChI is InChI=1S/C26H35N5O2/c1-6-9-28-14-23(32)31-11-10-30(15-22(31)17(2)3)25-20(13-27)19-12-26(4,5)33-16-21(19)24(29-25)18-7-8-18/h1,17-18,22,28H,7-12,14-16H2,2-5H3. The number of fused-ring (bicyclic) bond motifs is 1. The van der Waals surface area contributed by atoms with Crippen molar-refractivity contribution in [2.75, 3.05) is 37.6 Å². The van der Waals surface area contributed by atoms with Crippen LogP contribution < -0.4 is 10.2 Å². The number of nitriles is 1. The van der Waals surface area contributed by atoms with E-state index < -0.39 is 0 Å². The number of amides is 1. The SMILES string of the molecule is C#CCNCC(=O)N1CCN(c2nc(C3CC3)c3c(c2C#N)CC(C)(C)OC3)CC1C(C)C. The molecule has 1 saturated carbocycles. The van der Waals surface area contributed by atoms with Crippen LogP contribution >= 0.6 is 0 Å². The lowest BCUT2D eigenvalue weighted by Crippen LogP contribution is -2.59. The van der Waals surface area contributed by atoms with Crippen LogP contribution in [0.4, 0.5) is 5.82 Å². The Bertz CT molecular complexity index is 999. The average molecular weight is 450 g/mol. The average Bonchev–Trinajstić information content (AvgIpc) is 3.62. The number of ether oxygens (including phenoxy) is 1. The molecule has 176 valence electrons. The van der Waals surface area contributed by atoms with Gasteiger partial charge in [0, 0.05) is 37.5 Å². The summed E-state index contributed by atoms with van der Waals surface area (Å²) in [5, 5.41) is 13.2. The van der Waals surface area contributed by atoms with Crippen molar-refractivity contribution in [3.8, 4) is 18.4 Å². The van der Waals surface area contributed by atoms with Crippen molar-refractivity contribution in [3.63, 3.8) is 0 Å². The highest BCUT2D eigenvalue weighted by atomic mass is 16.5. The van der Waals surface area contributed by atoms with E-state index >= 15 is 0 Å². The molecule has 1 aromatic rings. The summed E-state index contributed by atoms with van der Waals surface area (Å²) >= 11 is 0. The van der Waals surface area contributed by atoms with Crippen molar-refractivity contribution in [2.45, 2.75) is 71.1 Å². The van der Waals surface area contributed by atoms with Crippen LogP contribution in [-0.2, 0) is 22.6 Å². The Morgan fingerprint density at radius 1 is 1.33 bits per heavy atom. The first-order valence-electron chi connectivity index (χ1n) is 12.0. The number of nitrogens with one attached hydrogen (secondary N) is 1. The molecule has 3 aliphatic rings. The minimum absolute atomic E-state index is 0.0485. The van der Waals surface area contributed by atoms with Crippen molar-refractivity contribution in [1.29, 1.82) is 5.26 Å². The van der Waals surface area contributed by atoms with Crippen molar-refractivity contribution in [1.82, 2.24) is 15.2 Å². The van der Waals surface area contributed by atoms with Gasteiger partial charge in [-0.25, -0.2) is 4.98 Å². The van der Waals surface area contributed by atoms with Gasteiger partial charge in [0.2, 0.25) is 5.91 Å². The summed E-state index contributed by atoms with van der Waals surface area (Å²) in [6, 6.07) is 2.54. The number of carbonyl (C=O) groups excluding carboxylic acids is 1. The van der Waals surface area contributed by atoms with E-state index in [0.717, 1.165) is 35.5 Å². The zero-order chi connectivity index (χ0) is 23.8. The maximum Gasteiger partial charge on any atom is 0.236 e. The molecule has 1 aromatic heterocycles. The molecule has 2 fully saturated rings. The Labute approximate surface area is 197 Å². The first-order valence-corrected chi connectivity index (χ1v) is 12.0. The Hall–Kier alpha value is -2.61. The molecule has 4 rings (SSSR count). The third-order valence-corrected chi connectivity index (χ3v) is 7.02. The maximum absolute atomic E-state index is 12.9. The second kappa shape index (κ2) is 9.33. The van der Waals surface area contributed by atoms with Gasteiger partial charge >= 0.3 is 0 Å². The summed E-state index contributed by atoms with van der Waals surface area (Å²) in [7, 11) is 0. The molecule has 1 amide bonds. The molecule has 33 heavy (non-hydrogen) atoms. The van der Waals surface area contributed by atoms with Gasteiger partial charge in [-0.05, 0) is 38.2 Å². The zero-order valence-electron chi connectivity index (χ0n) is 20.3. The van der Waals surface area contributed by atoms with Crippen LogP contribution in [0.15, 0.2) is 0 Å². The maximum atomic E-state index is 12.9. The highest BCUT2D eigenvalue weighted by Gasteiger charge is 2.39. The lowest BCUT2D eigenvalue weighted by Gasteiger charge is -2.44. The first kappa shape index (κ1) is 23.5. The number of terminal acetylenes is 1. The Morgan fingerprint density at radius 3 is 2.73 bits per heavy atom. The van der Waals surface area contributed by atoms with Gasteiger partial charge in [0.1, 0.15) is 11.9 Å². The molecule has 1 aliphatic carbocycles. The van der Waals surface area contributed by atoms with Crippen LogP contribution in [0.3, 0.4) is 0 Å². The first-order chi connectivity index (χ1) is 15.8. The lowest BCUT2D eigenvalue weighted by molar-refractivity contribution is -0.133. The van der Waals surface area contributed by atoms with E-state index in [1.807, 2.05) is 4.90 Å². The van der Waals surface area contributed by atoms with Gasteiger partial charge in [0.25, 0.3) is 0 Å². The van der Waals surface area contributed by atoms with Gasteiger partial charge in [-0.3, -0.25) is 10.1 Å². The summed E-state index contributed by atoms with van der Waals surface area (Å²) in [4.78, 5) is 22.2. The Kier molecular flexibility index (Phi) is 6.66. The number of anilines is 1. The molecule has 0 aromatic carbocycles. The van der Waals surface area contributed by atoms with Crippen LogP contribution in [0.25, 0.3) is 0 Å². The fraction of sp³-hybridized carbons (Fsp3) is 0.654. The van der Waals surface area contributed by atoms with Gasteiger partial charge in [-0.2, -0.15) is 5.26 Å². The predicted molar refractivity (Wildman–Crippen MR) is 128 cm³/mol. The van der Waals surface area contributed by atoms with E-state index in [9.17, 15) is 10.1 Å². The monoisotopic (exact) mass is 449 g/mol. The third kappa shape index (κ3) is 4.86. The number of hydrogen-bond donors (Lipinski definition) is 1. The van der Waals surface area contributed by atoms with E-state index in [0.29, 0.717) is 50.7 Å².